The predicted octanol–water partition coefficient (Wildman–Crippen LogP) is 11.9. The SMILES string of the molecule is CC1C/C=C(\C2C=CCCC2)N=C(c2ccc(C3C(C)C=CCC3C3N=CC=CC3C3=CC=CCC3)cc2)CCC=C1C1=CCCC=C1. The first kappa shape index (κ1) is 32.8. The van der Waals surface area contributed by atoms with Gasteiger partial charge in [-0.05, 0) is 123 Å². The average Bonchev–Trinajstić information content (AvgIpc) is 3.15. The number of hydrogen-bond acceptors (Lipinski definition) is 2. The molecular weight excluding hydrogens is 581 g/mol. The molecule has 0 spiro atoms. The molecule has 248 valence electrons. The lowest BCUT2D eigenvalue weighted by Gasteiger charge is -2.41. The maximum Gasteiger partial charge on any atom is 0.0636 e. The summed E-state index contributed by atoms with van der Waals surface area (Å²) in [5, 5.41) is 0. The molecule has 0 saturated heterocycles. The number of hydrogen-bond donors (Lipinski definition) is 0. The molecule has 0 fully saturated rings. The summed E-state index contributed by atoms with van der Waals surface area (Å²) in [5.41, 5.74) is 9.72. The van der Waals surface area contributed by atoms with Crippen molar-refractivity contribution in [2.45, 2.75) is 96.4 Å². The number of nitrogens with zero attached hydrogens (tertiary/aromatic N) is 2. The molecule has 2 heterocycles. The van der Waals surface area contributed by atoms with Gasteiger partial charge < -0.3 is 0 Å². The summed E-state index contributed by atoms with van der Waals surface area (Å²) in [6.45, 7) is 4.81. The van der Waals surface area contributed by atoms with E-state index in [1.54, 1.807) is 5.57 Å². The zero-order chi connectivity index (χ0) is 32.7. The maximum atomic E-state index is 5.53. The second-order valence-electron chi connectivity index (χ2n) is 14.9. The Kier molecular flexibility index (Phi) is 10.7. The maximum absolute atomic E-state index is 5.53. The van der Waals surface area contributed by atoms with Crippen LogP contribution in [0.1, 0.15) is 102 Å². The summed E-state index contributed by atoms with van der Waals surface area (Å²) in [6.07, 6.45) is 47.7. The van der Waals surface area contributed by atoms with E-state index in [2.05, 4.69) is 129 Å². The lowest BCUT2D eigenvalue weighted by Crippen LogP contribution is -2.36. The molecule has 0 N–H and O–H groups in total. The van der Waals surface area contributed by atoms with Crippen LogP contribution in [0.4, 0.5) is 0 Å². The Morgan fingerprint density at radius 3 is 2.46 bits per heavy atom. The smallest absolute Gasteiger partial charge is 0.0636 e. The second kappa shape index (κ2) is 15.6. The fourth-order valence-electron chi connectivity index (χ4n) is 9.03. The van der Waals surface area contributed by atoms with Gasteiger partial charge in [0.2, 0.25) is 0 Å². The van der Waals surface area contributed by atoms with Crippen LogP contribution in [0.5, 0.6) is 0 Å². The van der Waals surface area contributed by atoms with Gasteiger partial charge in [0, 0.05) is 29.5 Å². The molecule has 2 heteroatoms. The number of benzene rings is 1. The van der Waals surface area contributed by atoms with Crippen molar-refractivity contribution in [1.82, 2.24) is 0 Å². The topological polar surface area (TPSA) is 24.7 Å². The van der Waals surface area contributed by atoms with Gasteiger partial charge in [-0.3, -0.25) is 9.98 Å². The van der Waals surface area contributed by atoms with Gasteiger partial charge in [-0.15, -0.1) is 0 Å². The van der Waals surface area contributed by atoms with Gasteiger partial charge in [0.05, 0.1) is 6.04 Å². The van der Waals surface area contributed by atoms with Gasteiger partial charge in [0.1, 0.15) is 0 Å². The molecule has 0 saturated carbocycles. The summed E-state index contributed by atoms with van der Waals surface area (Å²) < 4.78 is 0. The molecule has 0 radical (unpaired) electrons. The zero-order valence-electron chi connectivity index (χ0n) is 29.2. The molecule has 1 aromatic carbocycles. The van der Waals surface area contributed by atoms with Crippen LogP contribution in [-0.2, 0) is 0 Å². The highest BCUT2D eigenvalue weighted by Gasteiger charge is 2.39. The summed E-state index contributed by atoms with van der Waals surface area (Å²) in [5.74, 6) is 2.70. The highest BCUT2D eigenvalue weighted by Crippen LogP contribution is 2.45. The summed E-state index contributed by atoms with van der Waals surface area (Å²) >= 11 is 0. The van der Waals surface area contributed by atoms with E-state index in [0.717, 1.165) is 51.4 Å². The number of aliphatic imine (C=N–C) groups is 2. The standard InChI is InChI=1S/C46H54N2/c1-33-26-31-44(37-20-10-5-11-21-37)48-43(25-13-22-40(33)35-16-6-3-7-17-35)38-27-29-39(30-28-38)45-34(2)15-12-23-42(45)46-41(24-14-32-47-46)36-18-8-4-9-19-36/h4,6,8,10,12,14-18,20,22,24,27-34,37,41-42,45-46H,3,5,7,9,11,13,19,21,23,25-26H2,1-2H3/b40-22?,44-31+,48-43?. The second-order valence-corrected chi connectivity index (χ2v) is 14.9. The molecule has 0 amide bonds. The molecule has 4 aliphatic carbocycles. The molecule has 7 atom stereocenters. The number of rotatable bonds is 6. The minimum atomic E-state index is 0.279. The zero-order valence-corrected chi connectivity index (χ0v) is 29.2. The first-order valence-corrected chi connectivity index (χ1v) is 19.0. The predicted molar refractivity (Wildman–Crippen MR) is 206 cm³/mol. The Labute approximate surface area is 290 Å². The molecule has 2 aliphatic heterocycles. The Hall–Kier alpha value is -3.78. The molecule has 2 nitrogen and oxygen atoms in total. The Bertz CT molecular complexity index is 1650. The molecule has 0 bridgehead atoms. The van der Waals surface area contributed by atoms with Crippen molar-refractivity contribution in [2.75, 3.05) is 0 Å². The van der Waals surface area contributed by atoms with Gasteiger partial charge in [-0.2, -0.15) is 0 Å². The molecule has 7 rings (SSSR count). The van der Waals surface area contributed by atoms with E-state index >= 15 is 0 Å². The summed E-state index contributed by atoms with van der Waals surface area (Å²) in [7, 11) is 0. The lowest BCUT2D eigenvalue weighted by atomic mass is 9.66. The highest BCUT2D eigenvalue weighted by molar-refractivity contribution is 6.01. The quantitative estimate of drug-likeness (QED) is 0.278. The Morgan fingerprint density at radius 1 is 0.750 bits per heavy atom. The largest absolute Gasteiger partial charge is 0.289 e. The van der Waals surface area contributed by atoms with Crippen LogP contribution in [0.25, 0.3) is 0 Å². The molecular formula is C46H54N2. The van der Waals surface area contributed by atoms with Crippen LogP contribution in [0.15, 0.2) is 142 Å². The molecule has 1 aromatic rings. The first-order valence-electron chi connectivity index (χ1n) is 19.0. The van der Waals surface area contributed by atoms with E-state index in [0.29, 0.717) is 35.5 Å². The van der Waals surface area contributed by atoms with Crippen LogP contribution in [-0.4, -0.2) is 18.0 Å². The van der Waals surface area contributed by atoms with E-state index in [4.69, 9.17) is 9.98 Å². The highest BCUT2D eigenvalue weighted by atomic mass is 14.8. The van der Waals surface area contributed by atoms with E-state index in [1.165, 1.54) is 52.9 Å². The monoisotopic (exact) mass is 634 g/mol. The van der Waals surface area contributed by atoms with Gasteiger partial charge in [-0.1, -0.05) is 123 Å². The van der Waals surface area contributed by atoms with E-state index in [1.807, 2.05) is 0 Å². The Morgan fingerprint density at radius 2 is 1.67 bits per heavy atom. The summed E-state index contributed by atoms with van der Waals surface area (Å²) in [6, 6.07) is 9.89. The van der Waals surface area contributed by atoms with Crippen molar-refractivity contribution < 1.29 is 0 Å². The minimum absolute atomic E-state index is 0.279. The van der Waals surface area contributed by atoms with Gasteiger partial charge in [0.15, 0.2) is 0 Å². The van der Waals surface area contributed by atoms with Crippen LogP contribution >= 0.6 is 0 Å². The lowest BCUT2D eigenvalue weighted by molar-refractivity contribution is 0.269. The molecule has 7 unspecified atom stereocenters. The Balaban J connectivity index is 1.19. The normalized spacial score (nSPS) is 33.3. The van der Waals surface area contributed by atoms with Crippen molar-refractivity contribution in [3.8, 4) is 0 Å². The average molecular weight is 635 g/mol. The molecule has 6 aliphatic rings. The fraction of sp³-hybridized carbons (Fsp3) is 0.435. The minimum Gasteiger partial charge on any atom is -0.289 e. The molecule has 0 aromatic heterocycles. The van der Waals surface area contributed by atoms with Crippen LogP contribution in [0.3, 0.4) is 0 Å². The van der Waals surface area contributed by atoms with E-state index in [-0.39, 0.29) is 6.04 Å². The van der Waals surface area contributed by atoms with Crippen molar-refractivity contribution in [3.05, 3.63) is 143 Å². The van der Waals surface area contributed by atoms with Gasteiger partial charge in [0.25, 0.3) is 0 Å². The third kappa shape index (κ3) is 7.44. The number of dihydropyridines is 1. The summed E-state index contributed by atoms with van der Waals surface area (Å²) in [4.78, 5) is 10.7. The van der Waals surface area contributed by atoms with E-state index < -0.39 is 0 Å². The van der Waals surface area contributed by atoms with Crippen LogP contribution in [0.2, 0.25) is 0 Å². The van der Waals surface area contributed by atoms with Crippen molar-refractivity contribution >= 4 is 11.9 Å². The van der Waals surface area contributed by atoms with Crippen molar-refractivity contribution in [3.63, 3.8) is 0 Å². The third-order valence-electron chi connectivity index (χ3n) is 11.6. The first-order chi connectivity index (χ1) is 23.7. The van der Waals surface area contributed by atoms with Crippen LogP contribution in [0, 0.1) is 29.6 Å². The van der Waals surface area contributed by atoms with Crippen molar-refractivity contribution in [2.24, 2.45) is 39.6 Å². The molecule has 48 heavy (non-hydrogen) atoms. The van der Waals surface area contributed by atoms with Gasteiger partial charge in [-0.25, -0.2) is 0 Å². The van der Waals surface area contributed by atoms with Gasteiger partial charge >= 0.3 is 0 Å². The number of allylic oxidation sites excluding steroid dienone is 15. The van der Waals surface area contributed by atoms with Crippen LogP contribution < -0.4 is 0 Å². The third-order valence-corrected chi connectivity index (χ3v) is 11.6. The van der Waals surface area contributed by atoms with E-state index in [9.17, 15) is 0 Å². The van der Waals surface area contributed by atoms with Crippen molar-refractivity contribution in [1.29, 1.82) is 0 Å². The fourth-order valence-corrected chi connectivity index (χ4v) is 9.03.